The highest BCUT2D eigenvalue weighted by Crippen LogP contribution is 2.34. The van der Waals surface area contributed by atoms with Crippen LogP contribution in [0, 0.1) is 0 Å². The number of aromatic nitrogens is 3. The van der Waals surface area contributed by atoms with E-state index < -0.39 is 0 Å². The normalized spacial score (nSPS) is 11.4. The number of hydrogen-bond acceptors (Lipinski definition) is 2. The molecular formula is C66H55N3. The van der Waals surface area contributed by atoms with Gasteiger partial charge in [0.25, 0.3) is 0 Å². The smallest absolute Gasteiger partial charge is 0.182 e. The summed E-state index contributed by atoms with van der Waals surface area (Å²) in [5, 5.41) is 5.19. The van der Waals surface area contributed by atoms with Crippen molar-refractivity contribution in [1.29, 1.82) is 0 Å². The number of hydrogen-bond donors (Lipinski definition) is 0. The van der Waals surface area contributed by atoms with Crippen LogP contribution in [0.5, 0.6) is 0 Å². The molecule has 69 heavy (non-hydrogen) atoms. The molecule has 3 heteroatoms. The van der Waals surface area contributed by atoms with E-state index in [1.807, 2.05) is 18.5 Å². The zero-order chi connectivity index (χ0) is 47.6. The summed E-state index contributed by atoms with van der Waals surface area (Å²) < 4.78 is 1.97. The second-order valence-corrected chi connectivity index (χ2v) is 19.1. The van der Waals surface area contributed by atoms with Crippen molar-refractivity contribution in [2.24, 2.45) is 0 Å². The lowest BCUT2D eigenvalue weighted by atomic mass is 9.86. The summed E-state index contributed by atoms with van der Waals surface area (Å²) in [7, 11) is 0. The van der Waals surface area contributed by atoms with Crippen molar-refractivity contribution in [3.8, 4) is 95.2 Å². The fourth-order valence-corrected chi connectivity index (χ4v) is 8.84. The molecule has 0 spiro atoms. The fourth-order valence-electron chi connectivity index (χ4n) is 8.84. The van der Waals surface area contributed by atoms with Crippen LogP contribution < -0.4 is 0 Å². The third-order valence-electron chi connectivity index (χ3n) is 13.2. The molecule has 0 aliphatic rings. The van der Waals surface area contributed by atoms with Crippen LogP contribution in [0.15, 0.2) is 232 Å². The highest BCUT2D eigenvalue weighted by atomic mass is 15.4. The first-order valence-corrected chi connectivity index (χ1v) is 23.7. The lowest BCUT2D eigenvalue weighted by Crippen LogP contribution is -2.10. The summed E-state index contributed by atoms with van der Waals surface area (Å²) in [6.45, 7) is 19.0. The number of allylic oxidation sites excluding steroid dienone is 2. The Morgan fingerprint density at radius 1 is 0.333 bits per heavy atom. The lowest BCUT2D eigenvalue weighted by molar-refractivity contribution is 0.590. The standard InChI is InChI=1S/C66H55N3/c1-44(2)46-8-12-48(13-9-46)50-16-18-53(19-17-50)57-30-34-61(35-31-57)65-67-64(60-32-28-56(29-33-60)52-20-24-54(25-21-52)58-36-40-62(41-37-58)66(5,6)7)68-69(65)63-42-38-59(39-43-63)55-26-22-51(23-27-55)49-14-10-47(11-15-49)45(3)4/h8-43H,1,3H2,2,4-7H3. The lowest BCUT2D eigenvalue weighted by Gasteiger charge is -2.19. The van der Waals surface area contributed by atoms with Gasteiger partial charge in [-0.25, -0.2) is 9.67 Å². The number of nitrogens with zero attached hydrogens (tertiary/aromatic N) is 3. The summed E-state index contributed by atoms with van der Waals surface area (Å²) in [4.78, 5) is 5.24. The maximum Gasteiger partial charge on any atom is 0.182 e. The van der Waals surface area contributed by atoms with Gasteiger partial charge in [-0.3, -0.25) is 0 Å². The monoisotopic (exact) mass is 889 g/mol. The third-order valence-corrected chi connectivity index (χ3v) is 13.2. The second kappa shape index (κ2) is 18.7. The Morgan fingerprint density at radius 3 is 0.870 bits per heavy atom. The van der Waals surface area contributed by atoms with Gasteiger partial charge in [0.15, 0.2) is 11.6 Å². The maximum atomic E-state index is 5.24. The predicted molar refractivity (Wildman–Crippen MR) is 293 cm³/mol. The minimum Gasteiger partial charge on any atom is -0.213 e. The van der Waals surface area contributed by atoms with Gasteiger partial charge in [-0.05, 0) is 115 Å². The largest absolute Gasteiger partial charge is 0.213 e. The Morgan fingerprint density at radius 2 is 0.580 bits per heavy atom. The fraction of sp³-hybridized carbons (Fsp3) is 0.0909. The van der Waals surface area contributed by atoms with Gasteiger partial charge >= 0.3 is 0 Å². The molecule has 0 bridgehead atoms. The van der Waals surface area contributed by atoms with Gasteiger partial charge in [0, 0.05) is 11.1 Å². The number of rotatable bonds is 11. The predicted octanol–water partition coefficient (Wildman–Crippen LogP) is 18.0. The van der Waals surface area contributed by atoms with Gasteiger partial charge in [-0.1, -0.05) is 251 Å². The van der Waals surface area contributed by atoms with Crippen molar-refractivity contribution < 1.29 is 0 Å². The molecule has 0 atom stereocenters. The number of benzene rings is 9. The summed E-state index contributed by atoms with van der Waals surface area (Å²) >= 11 is 0. The SMILES string of the molecule is C=C(C)c1ccc(-c2ccc(-c3ccc(-c4nc(-c5ccc(-c6ccc(-c7ccc(C(C)(C)C)cc7)cc6)cc5)nn4-c4ccc(-c5ccc(-c6ccc(C(=C)C)cc6)cc5)cc4)cc3)cc2)cc1. The van der Waals surface area contributed by atoms with Crippen LogP contribution in [0.4, 0.5) is 0 Å². The van der Waals surface area contributed by atoms with E-state index in [0.29, 0.717) is 5.82 Å². The van der Waals surface area contributed by atoms with Crippen LogP contribution in [0.3, 0.4) is 0 Å². The molecule has 9 aromatic carbocycles. The van der Waals surface area contributed by atoms with Crippen molar-refractivity contribution in [3.63, 3.8) is 0 Å². The van der Waals surface area contributed by atoms with Gasteiger partial charge in [-0.2, -0.15) is 0 Å². The van der Waals surface area contributed by atoms with Crippen molar-refractivity contribution in [3.05, 3.63) is 248 Å². The Bertz CT molecular complexity index is 3240. The molecular weight excluding hydrogens is 835 g/mol. The van der Waals surface area contributed by atoms with Crippen LogP contribution in [0.1, 0.15) is 51.3 Å². The van der Waals surface area contributed by atoms with Crippen molar-refractivity contribution in [1.82, 2.24) is 14.8 Å². The molecule has 0 fully saturated rings. The summed E-state index contributed by atoms with van der Waals surface area (Å²) in [6.07, 6.45) is 0. The van der Waals surface area contributed by atoms with Crippen molar-refractivity contribution in [2.45, 2.75) is 40.0 Å². The Hall–Kier alpha value is -8.40. The molecule has 0 radical (unpaired) electrons. The molecule has 1 heterocycles. The summed E-state index contributed by atoms with van der Waals surface area (Å²) in [6, 6.07) is 78.3. The summed E-state index contributed by atoms with van der Waals surface area (Å²) in [5.41, 5.74) is 22.8. The van der Waals surface area contributed by atoms with Crippen molar-refractivity contribution in [2.75, 3.05) is 0 Å². The van der Waals surface area contributed by atoms with Crippen LogP contribution in [-0.4, -0.2) is 14.8 Å². The van der Waals surface area contributed by atoms with E-state index in [1.165, 1.54) is 38.9 Å². The molecule has 0 unspecified atom stereocenters. The topological polar surface area (TPSA) is 30.7 Å². The van der Waals surface area contributed by atoms with Gasteiger partial charge in [-0.15, -0.1) is 5.10 Å². The van der Waals surface area contributed by atoms with Crippen LogP contribution in [-0.2, 0) is 5.41 Å². The molecule has 0 aliphatic carbocycles. The minimum atomic E-state index is 0.129. The highest BCUT2D eigenvalue weighted by molar-refractivity contribution is 5.77. The van der Waals surface area contributed by atoms with E-state index >= 15 is 0 Å². The zero-order valence-electron chi connectivity index (χ0n) is 40.0. The first-order chi connectivity index (χ1) is 33.4. The Balaban J connectivity index is 0.928. The second-order valence-electron chi connectivity index (χ2n) is 19.1. The average Bonchev–Trinajstić information content (AvgIpc) is 3.85. The minimum absolute atomic E-state index is 0.129. The van der Waals surface area contributed by atoms with Gasteiger partial charge < -0.3 is 0 Å². The average molecular weight is 890 g/mol. The zero-order valence-corrected chi connectivity index (χ0v) is 40.0. The molecule has 334 valence electrons. The summed E-state index contributed by atoms with van der Waals surface area (Å²) in [5.74, 6) is 1.44. The quantitative estimate of drug-likeness (QED) is 0.130. The molecule has 3 nitrogen and oxygen atoms in total. The molecule has 0 N–H and O–H groups in total. The Kier molecular flexibility index (Phi) is 12.0. The molecule has 10 aromatic rings. The van der Waals surface area contributed by atoms with Gasteiger partial charge in [0.1, 0.15) is 0 Å². The Labute approximate surface area is 407 Å². The third kappa shape index (κ3) is 9.59. The van der Waals surface area contributed by atoms with E-state index in [-0.39, 0.29) is 5.41 Å². The van der Waals surface area contributed by atoms with Gasteiger partial charge in [0.2, 0.25) is 0 Å². The first-order valence-electron chi connectivity index (χ1n) is 23.7. The highest BCUT2D eigenvalue weighted by Gasteiger charge is 2.17. The molecule has 0 aliphatic heterocycles. The van der Waals surface area contributed by atoms with E-state index in [9.17, 15) is 0 Å². The van der Waals surface area contributed by atoms with Crippen LogP contribution in [0.2, 0.25) is 0 Å². The maximum absolute atomic E-state index is 5.24. The molecule has 1 aromatic heterocycles. The van der Waals surface area contributed by atoms with E-state index in [2.05, 4.69) is 252 Å². The van der Waals surface area contributed by atoms with Crippen LogP contribution >= 0.6 is 0 Å². The van der Waals surface area contributed by atoms with E-state index in [4.69, 9.17) is 10.1 Å². The molecule has 0 saturated carbocycles. The van der Waals surface area contributed by atoms with Crippen molar-refractivity contribution >= 4 is 11.1 Å². The molecule has 0 amide bonds. The van der Waals surface area contributed by atoms with E-state index in [0.717, 1.165) is 78.3 Å². The van der Waals surface area contributed by atoms with E-state index in [1.54, 1.807) is 0 Å². The first kappa shape index (κ1) is 44.4. The molecule has 0 saturated heterocycles. The van der Waals surface area contributed by atoms with Crippen LogP contribution in [0.25, 0.3) is 106 Å². The van der Waals surface area contributed by atoms with Gasteiger partial charge in [0.05, 0.1) is 5.69 Å². The molecule has 10 rings (SSSR count).